The number of methoxy groups -OCH3 is 1. The summed E-state index contributed by atoms with van der Waals surface area (Å²) in [4.78, 5) is 41.1. The van der Waals surface area contributed by atoms with E-state index in [0.29, 0.717) is 25.4 Å². The molecule has 2 unspecified atom stereocenters. The number of nitrogens with one attached hydrogen (secondary N) is 1. The molecule has 0 bridgehead atoms. The fourth-order valence-electron chi connectivity index (χ4n) is 4.60. The van der Waals surface area contributed by atoms with Crippen LogP contribution in [0.1, 0.15) is 24.8 Å². The number of nitrogens with two attached hydrogens (primary N) is 1. The van der Waals surface area contributed by atoms with Crippen molar-refractivity contribution in [3.05, 3.63) is 54.1 Å². The van der Waals surface area contributed by atoms with Crippen molar-refractivity contribution in [3.8, 4) is 5.75 Å². The number of likely N-dealkylation sites (tertiary alicyclic amines) is 1. The number of hydrogen-bond acceptors (Lipinski definition) is 5. The van der Waals surface area contributed by atoms with Crippen LogP contribution in [-0.2, 0) is 20.9 Å². The first-order valence-corrected chi connectivity index (χ1v) is 11.3. The maximum atomic E-state index is 13.1. The number of piperidine rings is 1. The van der Waals surface area contributed by atoms with Gasteiger partial charge in [-0.05, 0) is 43.1 Å². The van der Waals surface area contributed by atoms with Crippen LogP contribution in [-0.4, -0.2) is 49.4 Å². The topological polar surface area (TPSA) is 105 Å². The normalized spacial score (nSPS) is 21.1. The number of para-hydroxylation sites is 1. The highest BCUT2D eigenvalue weighted by Gasteiger charge is 2.35. The fraction of sp³-hybridized carbons (Fsp3) is 0.400. The highest BCUT2D eigenvalue weighted by molar-refractivity contribution is 6.03. The van der Waals surface area contributed by atoms with Crippen molar-refractivity contribution in [2.24, 2.45) is 17.6 Å². The van der Waals surface area contributed by atoms with E-state index in [9.17, 15) is 14.4 Å². The SMILES string of the molecule is COc1cccc(N2CC(C(=O)Nc3ccccc3CN3CCCC(C(N)=O)C3)CC2=O)c1. The van der Waals surface area contributed by atoms with Crippen LogP contribution in [0.2, 0.25) is 0 Å². The summed E-state index contributed by atoms with van der Waals surface area (Å²) in [6.07, 6.45) is 1.91. The molecule has 2 aliphatic rings. The Morgan fingerprint density at radius 2 is 1.94 bits per heavy atom. The molecular formula is C25H30N4O4. The zero-order valence-corrected chi connectivity index (χ0v) is 18.8. The van der Waals surface area contributed by atoms with Crippen LogP contribution in [0.25, 0.3) is 0 Å². The summed E-state index contributed by atoms with van der Waals surface area (Å²) < 4.78 is 5.25. The lowest BCUT2D eigenvalue weighted by atomic mass is 9.97. The number of benzene rings is 2. The molecule has 0 aliphatic carbocycles. The van der Waals surface area contributed by atoms with Crippen molar-refractivity contribution in [1.29, 1.82) is 0 Å². The number of nitrogens with zero attached hydrogens (tertiary/aromatic N) is 2. The number of carbonyl (C=O) groups is 3. The van der Waals surface area contributed by atoms with Crippen molar-refractivity contribution in [3.63, 3.8) is 0 Å². The van der Waals surface area contributed by atoms with E-state index in [4.69, 9.17) is 10.5 Å². The van der Waals surface area contributed by atoms with Crippen LogP contribution >= 0.6 is 0 Å². The molecule has 3 amide bonds. The summed E-state index contributed by atoms with van der Waals surface area (Å²) in [5.74, 6) is -0.415. The van der Waals surface area contributed by atoms with Gasteiger partial charge in [-0.25, -0.2) is 0 Å². The molecule has 0 radical (unpaired) electrons. The van der Waals surface area contributed by atoms with Crippen molar-refractivity contribution in [2.75, 3.05) is 37.0 Å². The average Bonchev–Trinajstić information content (AvgIpc) is 3.22. The second kappa shape index (κ2) is 10.0. The van der Waals surface area contributed by atoms with Gasteiger partial charge in [0.2, 0.25) is 17.7 Å². The summed E-state index contributed by atoms with van der Waals surface area (Å²) in [6, 6.07) is 15.0. The van der Waals surface area contributed by atoms with Gasteiger partial charge < -0.3 is 20.7 Å². The molecule has 2 saturated heterocycles. The molecule has 174 valence electrons. The third kappa shape index (κ3) is 5.34. The average molecular weight is 451 g/mol. The van der Waals surface area contributed by atoms with Gasteiger partial charge in [0, 0.05) is 43.5 Å². The monoisotopic (exact) mass is 450 g/mol. The van der Waals surface area contributed by atoms with Gasteiger partial charge in [-0.1, -0.05) is 24.3 Å². The lowest BCUT2D eigenvalue weighted by molar-refractivity contribution is -0.123. The molecule has 33 heavy (non-hydrogen) atoms. The molecule has 0 spiro atoms. The van der Waals surface area contributed by atoms with Crippen LogP contribution < -0.4 is 20.7 Å². The second-order valence-corrected chi connectivity index (χ2v) is 8.73. The van der Waals surface area contributed by atoms with E-state index in [1.54, 1.807) is 18.1 Å². The molecule has 8 heteroatoms. The largest absolute Gasteiger partial charge is 0.497 e. The van der Waals surface area contributed by atoms with E-state index in [0.717, 1.165) is 36.3 Å². The van der Waals surface area contributed by atoms with Crippen molar-refractivity contribution >= 4 is 29.1 Å². The Labute approximate surface area is 193 Å². The van der Waals surface area contributed by atoms with Crippen LogP contribution in [0.3, 0.4) is 0 Å². The Kier molecular flexibility index (Phi) is 6.93. The van der Waals surface area contributed by atoms with Crippen LogP contribution in [0.5, 0.6) is 5.75 Å². The van der Waals surface area contributed by atoms with Crippen molar-refractivity contribution in [1.82, 2.24) is 4.90 Å². The van der Waals surface area contributed by atoms with Gasteiger partial charge in [0.1, 0.15) is 5.75 Å². The zero-order chi connectivity index (χ0) is 23.4. The van der Waals surface area contributed by atoms with E-state index >= 15 is 0 Å². The number of hydrogen-bond donors (Lipinski definition) is 2. The molecule has 8 nitrogen and oxygen atoms in total. The molecule has 2 aromatic rings. The maximum Gasteiger partial charge on any atom is 0.229 e. The number of anilines is 2. The Morgan fingerprint density at radius 1 is 1.12 bits per heavy atom. The number of amides is 3. The minimum Gasteiger partial charge on any atom is -0.497 e. The van der Waals surface area contributed by atoms with Gasteiger partial charge >= 0.3 is 0 Å². The highest BCUT2D eigenvalue weighted by Crippen LogP contribution is 2.29. The summed E-state index contributed by atoms with van der Waals surface area (Å²) in [5.41, 5.74) is 7.94. The standard InChI is InChI=1S/C25H30N4O4/c1-33-21-9-4-8-20(13-21)29-16-19(12-23(29)30)25(32)27-22-10-3-2-6-17(22)14-28-11-5-7-18(15-28)24(26)31/h2-4,6,8-10,13,18-19H,5,7,11-12,14-16H2,1H3,(H2,26,31)(H,27,32). The molecule has 2 aliphatic heterocycles. The molecule has 0 aromatic heterocycles. The first kappa shape index (κ1) is 22.8. The van der Waals surface area contributed by atoms with Crippen LogP contribution in [0.15, 0.2) is 48.5 Å². The molecule has 2 heterocycles. The Balaban J connectivity index is 1.42. The van der Waals surface area contributed by atoms with E-state index in [-0.39, 0.29) is 30.1 Å². The van der Waals surface area contributed by atoms with Gasteiger partial charge in [0.15, 0.2) is 0 Å². The van der Waals surface area contributed by atoms with Gasteiger partial charge in [0.25, 0.3) is 0 Å². The number of carbonyl (C=O) groups excluding carboxylic acids is 3. The molecular weight excluding hydrogens is 420 g/mol. The van der Waals surface area contributed by atoms with Crippen molar-refractivity contribution < 1.29 is 19.1 Å². The molecule has 3 N–H and O–H groups in total. The number of ether oxygens (including phenoxy) is 1. The maximum absolute atomic E-state index is 13.1. The summed E-state index contributed by atoms with van der Waals surface area (Å²) in [5, 5.41) is 3.03. The Hall–Kier alpha value is -3.39. The highest BCUT2D eigenvalue weighted by atomic mass is 16.5. The summed E-state index contributed by atoms with van der Waals surface area (Å²) in [6.45, 7) is 2.47. The predicted molar refractivity (Wildman–Crippen MR) is 126 cm³/mol. The van der Waals surface area contributed by atoms with Crippen molar-refractivity contribution in [2.45, 2.75) is 25.8 Å². The second-order valence-electron chi connectivity index (χ2n) is 8.73. The van der Waals surface area contributed by atoms with E-state index in [1.807, 2.05) is 42.5 Å². The first-order valence-electron chi connectivity index (χ1n) is 11.3. The molecule has 2 atom stereocenters. The molecule has 2 aromatic carbocycles. The molecule has 0 saturated carbocycles. The molecule has 4 rings (SSSR count). The van der Waals surface area contributed by atoms with E-state index < -0.39 is 5.92 Å². The fourth-order valence-corrected chi connectivity index (χ4v) is 4.60. The minimum absolute atomic E-state index is 0.0810. The number of rotatable bonds is 7. The van der Waals surface area contributed by atoms with E-state index in [2.05, 4.69) is 10.2 Å². The summed E-state index contributed by atoms with van der Waals surface area (Å²) >= 11 is 0. The lowest BCUT2D eigenvalue weighted by Crippen LogP contribution is -2.40. The van der Waals surface area contributed by atoms with Gasteiger partial charge in [-0.15, -0.1) is 0 Å². The van der Waals surface area contributed by atoms with Gasteiger partial charge in [-0.2, -0.15) is 0 Å². The Bertz CT molecular complexity index is 1040. The van der Waals surface area contributed by atoms with Gasteiger partial charge in [-0.3, -0.25) is 19.3 Å². The van der Waals surface area contributed by atoms with E-state index in [1.165, 1.54) is 0 Å². The van der Waals surface area contributed by atoms with Crippen LogP contribution in [0.4, 0.5) is 11.4 Å². The minimum atomic E-state index is -0.439. The smallest absolute Gasteiger partial charge is 0.229 e. The Morgan fingerprint density at radius 3 is 2.73 bits per heavy atom. The summed E-state index contributed by atoms with van der Waals surface area (Å²) in [7, 11) is 1.58. The molecule has 2 fully saturated rings. The quantitative estimate of drug-likeness (QED) is 0.674. The zero-order valence-electron chi connectivity index (χ0n) is 18.8. The first-order chi connectivity index (χ1) is 15.9. The van der Waals surface area contributed by atoms with Gasteiger partial charge in [0.05, 0.1) is 18.9 Å². The third-order valence-corrected chi connectivity index (χ3v) is 6.44. The number of primary amides is 1. The predicted octanol–water partition coefficient (Wildman–Crippen LogP) is 2.38. The third-order valence-electron chi connectivity index (χ3n) is 6.44. The van der Waals surface area contributed by atoms with Crippen LogP contribution in [0, 0.1) is 11.8 Å². The lowest BCUT2D eigenvalue weighted by Gasteiger charge is -2.31.